The Balaban J connectivity index is 2.86. The Morgan fingerprint density at radius 1 is 1.47 bits per heavy atom. The number of hydrogen-bond acceptors (Lipinski definition) is 3. The summed E-state index contributed by atoms with van der Waals surface area (Å²) in [6.07, 6.45) is -1.84. The van der Waals surface area contributed by atoms with E-state index in [1.54, 1.807) is 25.2 Å². The van der Waals surface area contributed by atoms with Crippen LogP contribution in [0.4, 0.5) is 0 Å². The lowest BCUT2D eigenvalue weighted by atomic mass is 10.0. The molecule has 0 aliphatic rings. The van der Waals surface area contributed by atoms with Crippen molar-refractivity contribution < 1.29 is 10.2 Å². The predicted molar refractivity (Wildman–Crippen MR) is 64.0 cm³/mol. The van der Waals surface area contributed by atoms with Crippen LogP contribution in [0.2, 0.25) is 5.02 Å². The molecule has 84 valence electrons. The Kier molecular flexibility index (Phi) is 5.02. The van der Waals surface area contributed by atoms with Gasteiger partial charge in [-0.1, -0.05) is 33.6 Å². The molecule has 0 fully saturated rings. The number of nitrogens with one attached hydrogen (secondary N) is 1. The van der Waals surface area contributed by atoms with Gasteiger partial charge in [0.1, 0.15) is 6.10 Å². The van der Waals surface area contributed by atoms with Gasteiger partial charge in [0.15, 0.2) is 0 Å². The van der Waals surface area contributed by atoms with Crippen molar-refractivity contribution >= 4 is 27.5 Å². The van der Waals surface area contributed by atoms with Gasteiger partial charge in [-0.05, 0) is 19.2 Å². The first-order valence-electron chi connectivity index (χ1n) is 4.52. The summed E-state index contributed by atoms with van der Waals surface area (Å²) in [5.41, 5.74) is 0.530. The minimum Gasteiger partial charge on any atom is -0.389 e. The Morgan fingerprint density at radius 3 is 2.67 bits per heavy atom. The molecule has 0 spiro atoms. The summed E-state index contributed by atoms with van der Waals surface area (Å²) in [4.78, 5) is 0. The van der Waals surface area contributed by atoms with Crippen LogP contribution in [0.15, 0.2) is 22.7 Å². The van der Waals surface area contributed by atoms with Crippen LogP contribution in [-0.4, -0.2) is 29.9 Å². The van der Waals surface area contributed by atoms with Crippen LogP contribution >= 0.6 is 27.5 Å². The van der Waals surface area contributed by atoms with Crippen LogP contribution in [-0.2, 0) is 0 Å². The molecular formula is C10H13BrClNO2. The van der Waals surface area contributed by atoms with Gasteiger partial charge >= 0.3 is 0 Å². The van der Waals surface area contributed by atoms with E-state index in [2.05, 4.69) is 21.2 Å². The molecule has 0 bridgehead atoms. The van der Waals surface area contributed by atoms with Crippen LogP contribution in [0.1, 0.15) is 11.7 Å². The van der Waals surface area contributed by atoms with Crippen molar-refractivity contribution in [3.63, 3.8) is 0 Å². The van der Waals surface area contributed by atoms with E-state index in [0.29, 0.717) is 17.1 Å². The molecule has 0 radical (unpaired) electrons. The molecule has 2 unspecified atom stereocenters. The second-order valence-electron chi connectivity index (χ2n) is 3.24. The van der Waals surface area contributed by atoms with Gasteiger partial charge in [0.05, 0.1) is 6.10 Å². The zero-order valence-corrected chi connectivity index (χ0v) is 10.6. The third-order valence-electron chi connectivity index (χ3n) is 2.06. The van der Waals surface area contributed by atoms with Gasteiger partial charge in [0.25, 0.3) is 0 Å². The second-order valence-corrected chi connectivity index (χ2v) is 4.56. The van der Waals surface area contributed by atoms with Crippen LogP contribution in [0.5, 0.6) is 0 Å². The highest BCUT2D eigenvalue weighted by atomic mass is 79.9. The number of rotatable bonds is 4. The molecule has 0 aliphatic heterocycles. The quantitative estimate of drug-likeness (QED) is 0.792. The zero-order chi connectivity index (χ0) is 11.4. The molecule has 2 atom stereocenters. The van der Waals surface area contributed by atoms with Gasteiger partial charge in [-0.25, -0.2) is 0 Å². The summed E-state index contributed by atoms with van der Waals surface area (Å²) in [7, 11) is 1.71. The molecule has 1 aromatic carbocycles. The summed E-state index contributed by atoms with van der Waals surface area (Å²) in [6, 6.07) is 5.15. The zero-order valence-electron chi connectivity index (χ0n) is 8.24. The largest absolute Gasteiger partial charge is 0.389 e. The van der Waals surface area contributed by atoms with Crippen LogP contribution < -0.4 is 5.32 Å². The highest BCUT2D eigenvalue weighted by molar-refractivity contribution is 9.10. The molecule has 0 saturated heterocycles. The van der Waals surface area contributed by atoms with Crippen molar-refractivity contribution in [2.24, 2.45) is 0 Å². The molecule has 5 heteroatoms. The minimum absolute atomic E-state index is 0.313. The van der Waals surface area contributed by atoms with Gasteiger partial charge in [-0.15, -0.1) is 0 Å². The maximum atomic E-state index is 9.80. The molecule has 0 amide bonds. The van der Waals surface area contributed by atoms with E-state index in [1.807, 2.05) is 0 Å². The summed E-state index contributed by atoms with van der Waals surface area (Å²) in [5, 5.41) is 22.6. The van der Waals surface area contributed by atoms with Crippen molar-refractivity contribution in [1.82, 2.24) is 5.32 Å². The fourth-order valence-electron chi connectivity index (χ4n) is 1.27. The first-order valence-corrected chi connectivity index (χ1v) is 5.69. The summed E-state index contributed by atoms with van der Waals surface area (Å²) in [5.74, 6) is 0. The lowest BCUT2D eigenvalue weighted by Gasteiger charge is -2.18. The van der Waals surface area contributed by atoms with Crippen molar-refractivity contribution in [2.75, 3.05) is 13.6 Å². The van der Waals surface area contributed by atoms with E-state index < -0.39 is 12.2 Å². The summed E-state index contributed by atoms with van der Waals surface area (Å²) < 4.78 is 0.839. The molecule has 3 nitrogen and oxygen atoms in total. The molecule has 0 aliphatic carbocycles. The maximum absolute atomic E-state index is 9.80. The summed E-state index contributed by atoms with van der Waals surface area (Å²) in [6.45, 7) is 0.313. The molecule has 0 heterocycles. The Morgan fingerprint density at radius 2 is 2.13 bits per heavy atom. The van der Waals surface area contributed by atoms with E-state index in [1.165, 1.54) is 0 Å². The van der Waals surface area contributed by atoms with Gasteiger partial charge in [0, 0.05) is 21.6 Å². The Bertz CT molecular complexity index is 335. The first kappa shape index (κ1) is 12.9. The van der Waals surface area contributed by atoms with Gasteiger partial charge < -0.3 is 15.5 Å². The fraction of sp³-hybridized carbons (Fsp3) is 0.400. The van der Waals surface area contributed by atoms with E-state index >= 15 is 0 Å². The monoisotopic (exact) mass is 293 g/mol. The first-order chi connectivity index (χ1) is 7.06. The number of likely N-dealkylation sites (N-methyl/N-ethyl adjacent to an activating group) is 1. The third-order valence-corrected chi connectivity index (χ3v) is 2.88. The molecule has 0 saturated carbocycles. The maximum Gasteiger partial charge on any atom is 0.108 e. The predicted octanol–water partition coefficient (Wildman–Crippen LogP) is 1.72. The van der Waals surface area contributed by atoms with Crippen molar-refractivity contribution in [3.8, 4) is 0 Å². The van der Waals surface area contributed by atoms with Crippen LogP contribution in [0.3, 0.4) is 0 Å². The Labute approximate surface area is 102 Å². The third kappa shape index (κ3) is 3.43. The van der Waals surface area contributed by atoms with Gasteiger partial charge in [-0.3, -0.25) is 0 Å². The number of hydrogen-bond donors (Lipinski definition) is 3. The SMILES string of the molecule is CNCC(O)C(O)c1ccc(Br)cc1Cl. The minimum atomic E-state index is -0.974. The molecule has 0 aromatic heterocycles. The number of halogens is 2. The number of aliphatic hydroxyl groups excluding tert-OH is 2. The van der Waals surface area contributed by atoms with Crippen LogP contribution in [0, 0.1) is 0 Å². The standard InChI is InChI=1S/C10H13BrClNO2/c1-13-5-9(14)10(15)7-3-2-6(11)4-8(7)12/h2-4,9-10,13-15H,5H2,1H3. The van der Waals surface area contributed by atoms with Gasteiger partial charge in [0.2, 0.25) is 0 Å². The topological polar surface area (TPSA) is 52.5 Å². The highest BCUT2D eigenvalue weighted by Crippen LogP contribution is 2.28. The Hall–Kier alpha value is -0.130. The molecular weight excluding hydrogens is 281 g/mol. The molecule has 1 rings (SSSR count). The van der Waals surface area contributed by atoms with Crippen molar-refractivity contribution in [2.45, 2.75) is 12.2 Å². The van der Waals surface area contributed by atoms with E-state index in [0.717, 1.165) is 4.47 Å². The average Bonchev–Trinajstić information content (AvgIpc) is 2.17. The second kappa shape index (κ2) is 5.82. The highest BCUT2D eigenvalue weighted by Gasteiger charge is 2.19. The smallest absolute Gasteiger partial charge is 0.108 e. The fourth-order valence-corrected chi connectivity index (χ4v) is 2.05. The molecule has 1 aromatic rings. The lowest BCUT2D eigenvalue weighted by Crippen LogP contribution is -2.29. The van der Waals surface area contributed by atoms with E-state index in [4.69, 9.17) is 11.6 Å². The number of aliphatic hydroxyl groups is 2. The average molecular weight is 295 g/mol. The normalized spacial score (nSPS) is 15.0. The lowest BCUT2D eigenvalue weighted by molar-refractivity contribution is 0.0203. The van der Waals surface area contributed by atoms with Crippen LogP contribution in [0.25, 0.3) is 0 Å². The van der Waals surface area contributed by atoms with Crippen molar-refractivity contribution in [3.05, 3.63) is 33.3 Å². The summed E-state index contributed by atoms with van der Waals surface area (Å²) >= 11 is 9.22. The van der Waals surface area contributed by atoms with Crippen molar-refractivity contribution in [1.29, 1.82) is 0 Å². The molecule has 15 heavy (non-hydrogen) atoms. The van der Waals surface area contributed by atoms with Gasteiger partial charge in [-0.2, -0.15) is 0 Å². The number of benzene rings is 1. The molecule has 3 N–H and O–H groups in total. The van der Waals surface area contributed by atoms with E-state index in [-0.39, 0.29) is 0 Å². The van der Waals surface area contributed by atoms with E-state index in [9.17, 15) is 10.2 Å².